The lowest BCUT2D eigenvalue weighted by atomic mass is 9.95. The standard InChI is InChI=1S/C28H34O15/c1-10-21(32)23(34)25(36)27(40-10)39-9-19-22(33)24(35)26(37)28(43-19)41-12-6-14(30)20-15(31)8-17(42-18(20)7-12)11-3-4-16(38-2)13(29)5-11/h3-7,10,17,19,21-30,32-37H,8-9H2,1-2H3/t10-,17-,19+,21-,22+,23+,24+,25-,26-,27+,28+/m0/s1. The van der Waals surface area contributed by atoms with E-state index in [0.717, 1.165) is 6.07 Å². The van der Waals surface area contributed by atoms with Crippen molar-refractivity contribution in [2.45, 2.75) is 80.9 Å². The number of aliphatic hydroxyl groups excluding tert-OH is 6. The summed E-state index contributed by atoms with van der Waals surface area (Å²) in [6, 6.07) is 6.90. The number of ether oxygens (including phenoxy) is 6. The number of aromatic hydroxyl groups is 2. The van der Waals surface area contributed by atoms with Gasteiger partial charge < -0.3 is 69.3 Å². The van der Waals surface area contributed by atoms with Gasteiger partial charge >= 0.3 is 0 Å². The van der Waals surface area contributed by atoms with Crippen molar-refractivity contribution >= 4 is 5.78 Å². The molecule has 43 heavy (non-hydrogen) atoms. The molecule has 0 aromatic heterocycles. The normalized spacial score (nSPS) is 36.0. The van der Waals surface area contributed by atoms with Gasteiger partial charge in [-0.3, -0.25) is 4.79 Å². The minimum Gasteiger partial charge on any atom is -0.507 e. The lowest BCUT2D eigenvalue weighted by Crippen LogP contribution is -2.61. The molecule has 2 saturated heterocycles. The predicted molar refractivity (Wildman–Crippen MR) is 141 cm³/mol. The number of phenols is 2. The maximum Gasteiger partial charge on any atom is 0.229 e. The Balaban J connectivity index is 1.30. The smallest absolute Gasteiger partial charge is 0.229 e. The summed E-state index contributed by atoms with van der Waals surface area (Å²) in [7, 11) is 1.39. The Morgan fingerprint density at radius 1 is 0.837 bits per heavy atom. The fraction of sp³-hybridized carbons (Fsp3) is 0.536. The summed E-state index contributed by atoms with van der Waals surface area (Å²) in [6.07, 6.45) is -15.9. The Labute approximate surface area is 245 Å². The van der Waals surface area contributed by atoms with Crippen LogP contribution in [0.25, 0.3) is 0 Å². The van der Waals surface area contributed by atoms with Crippen molar-refractivity contribution in [1.82, 2.24) is 0 Å². The molecule has 5 rings (SSSR count). The second-order valence-electron chi connectivity index (χ2n) is 10.6. The van der Waals surface area contributed by atoms with Crippen LogP contribution in [0.4, 0.5) is 0 Å². The number of hydrogen-bond acceptors (Lipinski definition) is 15. The lowest BCUT2D eigenvalue weighted by molar-refractivity contribution is -0.318. The van der Waals surface area contributed by atoms with Crippen molar-refractivity contribution < 1.29 is 74.1 Å². The number of methoxy groups -OCH3 is 1. The third-order valence-corrected chi connectivity index (χ3v) is 7.70. The van der Waals surface area contributed by atoms with Gasteiger partial charge in [-0.05, 0) is 24.6 Å². The van der Waals surface area contributed by atoms with E-state index in [0.29, 0.717) is 5.56 Å². The van der Waals surface area contributed by atoms with Crippen LogP contribution in [0.3, 0.4) is 0 Å². The molecule has 2 aromatic rings. The van der Waals surface area contributed by atoms with Crippen molar-refractivity contribution in [2.75, 3.05) is 13.7 Å². The fourth-order valence-electron chi connectivity index (χ4n) is 5.20. The van der Waals surface area contributed by atoms with E-state index in [2.05, 4.69) is 0 Å². The van der Waals surface area contributed by atoms with Gasteiger partial charge in [0.1, 0.15) is 71.6 Å². The number of Topliss-reactive ketones (excluding diaryl/α,β-unsaturated/α-hetero) is 1. The number of hydrogen-bond donors (Lipinski definition) is 8. The average Bonchev–Trinajstić information content (AvgIpc) is 2.97. The highest BCUT2D eigenvalue weighted by Crippen LogP contribution is 2.43. The highest BCUT2D eigenvalue weighted by atomic mass is 16.7. The van der Waals surface area contributed by atoms with Crippen LogP contribution >= 0.6 is 0 Å². The van der Waals surface area contributed by atoms with E-state index < -0.39 is 85.7 Å². The third kappa shape index (κ3) is 6.08. The van der Waals surface area contributed by atoms with Gasteiger partial charge in [-0.15, -0.1) is 0 Å². The van der Waals surface area contributed by atoms with E-state index in [4.69, 9.17) is 28.4 Å². The summed E-state index contributed by atoms with van der Waals surface area (Å²) in [5.74, 6) is -0.999. The van der Waals surface area contributed by atoms with Gasteiger partial charge in [-0.1, -0.05) is 6.07 Å². The molecule has 0 saturated carbocycles. The van der Waals surface area contributed by atoms with E-state index in [1.807, 2.05) is 0 Å². The quantitative estimate of drug-likeness (QED) is 0.185. The first-order valence-electron chi connectivity index (χ1n) is 13.5. The largest absolute Gasteiger partial charge is 0.507 e. The maximum atomic E-state index is 12.9. The number of carbonyl (C=O) groups excluding carboxylic acids is 1. The maximum absolute atomic E-state index is 12.9. The van der Waals surface area contributed by atoms with Crippen molar-refractivity contribution in [2.24, 2.45) is 0 Å². The first kappa shape index (κ1) is 31.2. The summed E-state index contributed by atoms with van der Waals surface area (Å²) >= 11 is 0. The zero-order valence-corrected chi connectivity index (χ0v) is 23.1. The topological polar surface area (TPSA) is 234 Å². The molecule has 11 atom stereocenters. The van der Waals surface area contributed by atoms with Crippen LogP contribution in [-0.4, -0.2) is 122 Å². The molecule has 0 bridgehead atoms. The number of benzene rings is 2. The van der Waals surface area contributed by atoms with Crippen molar-refractivity contribution in [3.05, 3.63) is 41.5 Å². The SMILES string of the molecule is COc1ccc([C@@H]2CC(=O)c3c(O)cc(O[C@@H]4O[C@H](CO[C@@H]5O[C@@H](C)[C@H](O)[C@@H](O)[C@@H]5O)[C@@H](O)[C@@H](O)[C@@H]4O)cc3O2)cc1O. The van der Waals surface area contributed by atoms with Crippen LogP contribution in [0, 0.1) is 0 Å². The van der Waals surface area contributed by atoms with E-state index in [1.54, 1.807) is 6.07 Å². The molecule has 0 spiro atoms. The van der Waals surface area contributed by atoms with Crippen molar-refractivity contribution in [3.63, 3.8) is 0 Å². The van der Waals surface area contributed by atoms with Gasteiger partial charge in [-0.25, -0.2) is 0 Å². The lowest BCUT2D eigenvalue weighted by Gasteiger charge is -2.42. The van der Waals surface area contributed by atoms with Crippen LogP contribution in [0.15, 0.2) is 30.3 Å². The second kappa shape index (κ2) is 12.4. The molecule has 15 nitrogen and oxygen atoms in total. The van der Waals surface area contributed by atoms with Gasteiger partial charge in [0.15, 0.2) is 23.6 Å². The molecular formula is C28H34O15. The zero-order valence-electron chi connectivity index (χ0n) is 23.1. The summed E-state index contributed by atoms with van der Waals surface area (Å²) in [5, 5.41) is 82.2. The molecule has 8 N–H and O–H groups in total. The molecular weight excluding hydrogens is 576 g/mol. The Hall–Kier alpha value is -3.25. The predicted octanol–water partition coefficient (Wildman–Crippen LogP) is -1.16. The van der Waals surface area contributed by atoms with Crippen molar-refractivity contribution in [3.8, 4) is 28.7 Å². The van der Waals surface area contributed by atoms with Crippen LogP contribution in [0.1, 0.15) is 35.4 Å². The Kier molecular flexibility index (Phi) is 8.99. The monoisotopic (exact) mass is 610 g/mol. The first-order chi connectivity index (χ1) is 20.4. The highest BCUT2D eigenvalue weighted by Gasteiger charge is 2.47. The molecule has 2 fully saturated rings. The molecule has 0 unspecified atom stereocenters. The number of rotatable bonds is 7. The number of carbonyl (C=O) groups is 1. The number of fused-ring (bicyclic) bond motifs is 1. The van der Waals surface area contributed by atoms with Crippen LogP contribution < -0.4 is 14.2 Å². The van der Waals surface area contributed by atoms with Gasteiger partial charge in [0.2, 0.25) is 6.29 Å². The van der Waals surface area contributed by atoms with E-state index >= 15 is 0 Å². The molecule has 0 amide bonds. The summed E-state index contributed by atoms with van der Waals surface area (Å²) in [5.41, 5.74) is 0.373. The minimum absolute atomic E-state index is 0.0457. The summed E-state index contributed by atoms with van der Waals surface area (Å²) in [6.45, 7) is 0.964. The van der Waals surface area contributed by atoms with Crippen LogP contribution in [0.5, 0.6) is 28.7 Å². The van der Waals surface area contributed by atoms with Gasteiger partial charge in [0, 0.05) is 12.1 Å². The van der Waals surface area contributed by atoms with E-state index in [1.165, 1.54) is 32.2 Å². The fourth-order valence-corrected chi connectivity index (χ4v) is 5.20. The summed E-state index contributed by atoms with van der Waals surface area (Å²) < 4.78 is 33.1. The highest BCUT2D eigenvalue weighted by molar-refractivity contribution is 6.02. The molecule has 3 heterocycles. The van der Waals surface area contributed by atoms with Gasteiger partial charge in [0.05, 0.1) is 26.2 Å². The van der Waals surface area contributed by atoms with Crippen LogP contribution in [-0.2, 0) is 14.2 Å². The molecule has 3 aliphatic heterocycles. The second-order valence-corrected chi connectivity index (χ2v) is 10.6. The molecule has 236 valence electrons. The molecule has 0 radical (unpaired) electrons. The Morgan fingerprint density at radius 3 is 2.23 bits per heavy atom. The Morgan fingerprint density at radius 2 is 1.53 bits per heavy atom. The van der Waals surface area contributed by atoms with E-state index in [-0.39, 0.29) is 35.0 Å². The molecule has 0 aliphatic carbocycles. The first-order valence-corrected chi connectivity index (χ1v) is 13.5. The van der Waals surface area contributed by atoms with E-state index in [9.17, 15) is 45.6 Å². The summed E-state index contributed by atoms with van der Waals surface area (Å²) in [4.78, 5) is 12.9. The number of phenolic OH excluding ortho intramolecular Hbond substituents is 2. The minimum atomic E-state index is -1.77. The molecule has 2 aromatic carbocycles. The zero-order chi connectivity index (χ0) is 31.2. The van der Waals surface area contributed by atoms with Crippen LogP contribution in [0.2, 0.25) is 0 Å². The van der Waals surface area contributed by atoms with Gasteiger partial charge in [0.25, 0.3) is 0 Å². The number of ketones is 1. The van der Waals surface area contributed by atoms with Crippen molar-refractivity contribution in [1.29, 1.82) is 0 Å². The Bertz CT molecular complexity index is 1320. The average molecular weight is 611 g/mol. The molecule has 15 heteroatoms. The third-order valence-electron chi connectivity index (χ3n) is 7.70. The van der Waals surface area contributed by atoms with Gasteiger partial charge in [-0.2, -0.15) is 0 Å². The number of aliphatic hydroxyl groups is 6. The molecule has 3 aliphatic rings.